The summed E-state index contributed by atoms with van der Waals surface area (Å²) in [7, 11) is 1.64. The van der Waals surface area contributed by atoms with Crippen molar-refractivity contribution in [3.8, 4) is 17.0 Å². The SMILES string of the molecule is COc1cc2ccccc2cc1-c1[nH][nH]c(=O)c1CCCN. The van der Waals surface area contributed by atoms with Crippen LogP contribution in [0.2, 0.25) is 0 Å². The fourth-order valence-corrected chi connectivity index (χ4v) is 2.71. The Balaban J connectivity index is 2.19. The van der Waals surface area contributed by atoms with E-state index >= 15 is 0 Å². The second kappa shape index (κ2) is 6.07. The van der Waals surface area contributed by atoms with Gasteiger partial charge in [-0.15, -0.1) is 0 Å². The van der Waals surface area contributed by atoms with Gasteiger partial charge in [-0.3, -0.25) is 15.0 Å². The van der Waals surface area contributed by atoms with Crippen LogP contribution in [0.4, 0.5) is 0 Å². The van der Waals surface area contributed by atoms with Crippen molar-refractivity contribution in [3.63, 3.8) is 0 Å². The van der Waals surface area contributed by atoms with Gasteiger partial charge in [0.15, 0.2) is 0 Å². The van der Waals surface area contributed by atoms with Crippen LogP contribution in [-0.4, -0.2) is 23.9 Å². The molecule has 0 atom stereocenters. The van der Waals surface area contributed by atoms with Crippen molar-refractivity contribution in [2.45, 2.75) is 12.8 Å². The Morgan fingerprint density at radius 2 is 1.86 bits per heavy atom. The highest BCUT2D eigenvalue weighted by Gasteiger charge is 2.16. The molecule has 3 aromatic rings. The van der Waals surface area contributed by atoms with Gasteiger partial charge in [-0.25, -0.2) is 0 Å². The number of hydrogen-bond donors (Lipinski definition) is 3. The van der Waals surface area contributed by atoms with Crippen LogP contribution in [0.15, 0.2) is 41.2 Å². The van der Waals surface area contributed by atoms with Crippen molar-refractivity contribution >= 4 is 10.8 Å². The number of aromatic nitrogens is 2. The molecule has 5 heteroatoms. The molecule has 0 fully saturated rings. The van der Waals surface area contributed by atoms with E-state index in [1.165, 1.54) is 0 Å². The van der Waals surface area contributed by atoms with Crippen molar-refractivity contribution in [2.75, 3.05) is 13.7 Å². The number of benzene rings is 2. The predicted octanol–water partition coefficient (Wildman–Crippen LogP) is 2.42. The first kappa shape index (κ1) is 14.4. The van der Waals surface area contributed by atoms with Gasteiger partial charge in [0.05, 0.1) is 12.8 Å². The van der Waals surface area contributed by atoms with Gasteiger partial charge in [0.2, 0.25) is 0 Å². The van der Waals surface area contributed by atoms with E-state index in [1.54, 1.807) is 7.11 Å². The fraction of sp³-hybridized carbons (Fsp3) is 0.235. The number of nitrogens with two attached hydrogens (primary N) is 1. The summed E-state index contributed by atoms with van der Waals surface area (Å²) in [5.41, 5.74) is 7.85. The maximum absolute atomic E-state index is 12.0. The molecule has 0 amide bonds. The molecule has 4 N–H and O–H groups in total. The van der Waals surface area contributed by atoms with Crippen LogP contribution in [0.5, 0.6) is 5.75 Å². The second-order valence-corrected chi connectivity index (χ2v) is 5.22. The Morgan fingerprint density at radius 1 is 1.14 bits per heavy atom. The quantitative estimate of drug-likeness (QED) is 0.676. The minimum absolute atomic E-state index is 0.0985. The van der Waals surface area contributed by atoms with Crippen LogP contribution in [-0.2, 0) is 6.42 Å². The molecule has 0 spiro atoms. The van der Waals surface area contributed by atoms with Crippen LogP contribution in [0.25, 0.3) is 22.0 Å². The molecule has 3 rings (SSSR count). The first-order valence-electron chi connectivity index (χ1n) is 7.31. The third kappa shape index (κ3) is 2.51. The van der Waals surface area contributed by atoms with E-state index in [1.807, 2.05) is 36.4 Å². The number of nitrogens with one attached hydrogen (secondary N) is 2. The molecule has 1 aromatic heterocycles. The Kier molecular flexibility index (Phi) is 3.98. The summed E-state index contributed by atoms with van der Waals surface area (Å²) in [6.07, 6.45) is 1.41. The first-order chi connectivity index (χ1) is 10.7. The average molecular weight is 297 g/mol. The lowest BCUT2D eigenvalue weighted by Crippen LogP contribution is -2.09. The minimum Gasteiger partial charge on any atom is -0.496 e. The summed E-state index contributed by atoms with van der Waals surface area (Å²) >= 11 is 0. The summed E-state index contributed by atoms with van der Waals surface area (Å²) in [5.74, 6) is 0.739. The molecule has 22 heavy (non-hydrogen) atoms. The summed E-state index contributed by atoms with van der Waals surface area (Å²) in [6, 6.07) is 12.1. The van der Waals surface area contributed by atoms with E-state index in [2.05, 4.69) is 10.2 Å². The lowest BCUT2D eigenvalue weighted by molar-refractivity contribution is 0.417. The van der Waals surface area contributed by atoms with Gasteiger partial charge in [0.1, 0.15) is 5.75 Å². The third-order valence-corrected chi connectivity index (χ3v) is 3.84. The molecule has 0 aliphatic heterocycles. The Hall–Kier alpha value is -2.53. The molecule has 0 aliphatic carbocycles. The van der Waals surface area contributed by atoms with E-state index in [0.717, 1.165) is 39.8 Å². The molecule has 2 aromatic carbocycles. The van der Waals surface area contributed by atoms with Crippen LogP contribution in [0, 0.1) is 0 Å². The molecule has 0 saturated heterocycles. The number of rotatable bonds is 5. The molecular weight excluding hydrogens is 278 g/mol. The van der Waals surface area contributed by atoms with Gasteiger partial charge in [0.25, 0.3) is 5.56 Å². The topological polar surface area (TPSA) is 83.9 Å². The average Bonchev–Trinajstić information content (AvgIpc) is 2.92. The molecule has 0 unspecified atom stereocenters. The van der Waals surface area contributed by atoms with Crippen LogP contribution in [0.1, 0.15) is 12.0 Å². The summed E-state index contributed by atoms with van der Waals surface area (Å²) in [5, 5.41) is 7.85. The summed E-state index contributed by atoms with van der Waals surface area (Å²) in [6.45, 7) is 0.554. The molecule has 0 bridgehead atoms. The highest BCUT2D eigenvalue weighted by molar-refractivity contribution is 5.90. The lowest BCUT2D eigenvalue weighted by Gasteiger charge is -2.10. The van der Waals surface area contributed by atoms with E-state index in [0.29, 0.717) is 13.0 Å². The molecule has 114 valence electrons. The molecule has 5 nitrogen and oxygen atoms in total. The Morgan fingerprint density at radius 3 is 2.55 bits per heavy atom. The largest absolute Gasteiger partial charge is 0.496 e. The second-order valence-electron chi connectivity index (χ2n) is 5.22. The van der Waals surface area contributed by atoms with E-state index < -0.39 is 0 Å². The van der Waals surface area contributed by atoms with Crippen molar-refractivity contribution in [3.05, 3.63) is 52.3 Å². The van der Waals surface area contributed by atoms with Crippen molar-refractivity contribution in [1.29, 1.82) is 0 Å². The number of aromatic amines is 2. The van der Waals surface area contributed by atoms with E-state index in [4.69, 9.17) is 10.5 Å². The van der Waals surface area contributed by atoms with Gasteiger partial charge in [0, 0.05) is 11.1 Å². The molecular formula is C17H19N3O2. The van der Waals surface area contributed by atoms with E-state index in [-0.39, 0.29) is 5.56 Å². The van der Waals surface area contributed by atoms with E-state index in [9.17, 15) is 4.79 Å². The number of H-pyrrole nitrogens is 2. The standard InChI is InChI=1S/C17H19N3O2/c1-22-15-10-12-6-3-2-5-11(12)9-14(15)16-13(7-4-8-18)17(21)20-19-16/h2-3,5-6,9-10H,4,7-8,18H2,1H3,(H2,19,20,21). The highest BCUT2D eigenvalue weighted by atomic mass is 16.5. The Labute approximate surface area is 128 Å². The monoisotopic (exact) mass is 297 g/mol. The summed E-state index contributed by atoms with van der Waals surface area (Å²) < 4.78 is 5.52. The van der Waals surface area contributed by atoms with Crippen LogP contribution >= 0.6 is 0 Å². The van der Waals surface area contributed by atoms with Crippen molar-refractivity contribution in [1.82, 2.24) is 10.2 Å². The number of fused-ring (bicyclic) bond motifs is 1. The first-order valence-corrected chi connectivity index (χ1v) is 7.31. The molecule has 0 aliphatic rings. The van der Waals surface area contributed by atoms with Crippen molar-refractivity contribution in [2.24, 2.45) is 5.73 Å². The van der Waals surface area contributed by atoms with Gasteiger partial charge in [-0.2, -0.15) is 0 Å². The third-order valence-electron chi connectivity index (χ3n) is 3.84. The summed E-state index contributed by atoms with van der Waals surface area (Å²) in [4.78, 5) is 12.0. The smallest absolute Gasteiger partial charge is 0.267 e. The maximum atomic E-state index is 12.0. The molecule has 1 heterocycles. The fourth-order valence-electron chi connectivity index (χ4n) is 2.71. The zero-order chi connectivity index (χ0) is 15.5. The van der Waals surface area contributed by atoms with Gasteiger partial charge < -0.3 is 10.5 Å². The number of methoxy groups -OCH3 is 1. The van der Waals surface area contributed by atoms with Gasteiger partial charge >= 0.3 is 0 Å². The lowest BCUT2D eigenvalue weighted by atomic mass is 10.00. The normalized spacial score (nSPS) is 11.0. The molecule has 0 saturated carbocycles. The predicted molar refractivity (Wildman–Crippen MR) is 88.3 cm³/mol. The van der Waals surface area contributed by atoms with Crippen molar-refractivity contribution < 1.29 is 4.74 Å². The Bertz CT molecular complexity index is 848. The number of ether oxygens (including phenoxy) is 1. The molecule has 0 radical (unpaired) electrons. The number of hydrogen-bond acceptors (Lipinski definition) is 3. The zero-order valence-electron chi connectivity index (χ0n) is 12.5. The van der Waals surface area contributed by atoms with Gasteiger partial charge in [-0.1, -0.05) is 24.3 Å². The zero-order valence-corrected chi connectivity index (χ0v) is 12.5. The highest BCUT2D eigenvalue weighted by Crippen LogP contribution is 2.34. The van der Waals surface area contributed by atoms with Crippen LogP contribution in [0.3, 0.4) is 0 Å². The van der Waals surface area contributed by atoms with Crippen LogP contribution < -0.4 is 16.0 Å². The minimum atomic E-state index is -0.0985. The maximum Gasteiger partial charge on any atom is 0.267 e. The van der Waals surface area contributed by atoms with Gasteiger partial charge in [-0.05, 0) is 42.3 Å².